The van der Waals surface area contributed by atoms with Crippen LogP contribution in [-0.4, -0.2) is 11.7 Å². The smallest absolute Gasteiger partial charge is 0.267 e. The second-order valence-corrected chi connectivity index (χ2v) is 7.62. The molecule has 5 heteroatoms. The van der Waals surface area contributed by atoms with E-state index in [2.05, 4.69) is 35.8 Å². The standard InChI is InChI=1S/C25H27N3O2/c1-3-24(21-12-11-18-7-4-5-8-20(18)13-21)27-16-22(15-26)25(30)28-23-10-6-9-19(14-23)17(2)29/h6,9-14,16,24,27H,3-5,7-8H2,1-2H3,(H,28,30)/b22-16-. The second-order valence-electron chi connectivity index (χ2n) is 7.62. The fraction of sp³-hybridized carbons (Fsp3) is 0.320. The van der Waals surface area contributed by atoms with Crippen LogP contribution in [0.25, 0.3) is 0 Å². The van der Waals surface area contributed by atoms with Gasteiger partial charge in [-0.1, -0.05) is 37.3 Å². The van der Waals surface area contributed by atoms with Gasteiger partial charge in [0.05, 0.1) is 6.04 Å². The van der Waals surface area contributed by atoms with E-state index in [4.69, 9.17) is 0 Å². The van der Waals surface area contributed by atoms with E-state index in [0.717, 1.165) is 19.3 Å². The first-order chi connectivity index (χ1) is 14.5. The average molecular weight is 402 g/mol. The lowest BCUT2D eigenvalue weighted by Gasteiger charge is -2.21. The van der Waals surface area contributed by atoms with Gasteiger partial charge in [0.15, 0.2) is 5.78 Å². The molecule has 5 nitrogen and oxygen atoms in total. The highest BCUT2D eigenvalue weighted by molar-refractivity contribution is 6.07. The largest absolute Gasteiger partial charge is 0.383 e. The predicted octanol–water partition coefficient (Wildman–Crippen LogP) is 4.85. The maximum atomic E-state index is 12.5. The van der Waals surface area contributed by atoms with Crippen LogP contribution < -0.4 is 10.6 Å². The number of nitrogens with zero attached hydrogens (tertiary/aromatic N) is 1. The SMILES string of the molecule is CCC(N/C=C(/C#N)C(=O)Nc1cccc(C(C)=O)c1)c1ccc2c(c1)CCCC2. The van der Waals surface area contributed by atoms with Crippen LogP contribution in [0.2, 0.25) is 0 Å². The van der Waals surface area contributed by atoms with Crippen molar-refractivity contribution in [3.8, 4) is 6.07 Å². The fourth-order valence-corrected chi connectivity index (χ4v) is 3.77. The number of carbonyl (C=O) groups excluding carboxylic acids is 2. The molecule has 2 N–H and O–H groups in total. The third kappa shape index (κ3) is 5.15. The number of anilines is 1. The molecule has 0 aromatic heterocycles. The molecular weight excluding hydrogens is 374 g/mol. The molecule has 1 amide bonds. The number of fused-ring (bicyclic) bond motifs is 1. The van der Waals surface area contributed by atoms with Gasteiger partial charge in [-0.05, 0) is 67.9 Å². The molecule has 3 rings (SSSR count). The van der Waals surface area contributed by atoms with Crippen LogP contribution in [0.15, 0.2) is 54.2 Å². The number of Topliss-reactive ketones (excluding diaryl/α,β-unsaturated/α-hetero) is 1. The molecule has 2 aromatic rings. The summed E-state index contributed by atoms with van der Waals surface area (Å²) in [7, 11) is 0. The summed E-state index contributed by atoms with van der Waals surface area (Å²) in [4.78, 5) is 24.0. The van der Waals surface area contributed by atoms with E-state index < -0.39 is 5.91 Å². The topological polar surface area (TPSA) is 82.0 Å². The first kappa shape index (κ1) is 21.3. The number of aryl methyl sites for hydroxylation is 2. The summed E-state index contributed by atoms with van der Waals surface area (Å²) in [5.74, 6) is -0.592. The molecule has 1 atom stereocenters. The number of rotatable bonds is 7. The summed E-state index contributed by atoms with van der Waals surface area (Å²) in [5.41, 5.74) is 4.98. The van der Waals surface area contributed by atoms with Crippen molar-refractivity contribution in [2.75, 3.05) is 5.32 Å². The average Bonchev–Trinajstić information content (AvgIpc) is 2.76. The molecule has 2 aromatic carbocycles. The maximum Gasteiger partial charge on any atom is 0.267 e. The number of nitriles is 1. The third-order valence-corrected chi connectivity index (χ3v) is 5.50. The van der Waals surface area contributed by atoms with Crippen LogP contribution in [0.5, 0.6) is 0 Å². The number of hydrogen-bond acceptors (Lipinski definition) is 4. The van der Waals surface area contributed by atoms with E-state index in [0.29, 0.717) is 11.3 Å². The van der Waals surface area contributed by atoms with E-state index in [9.17, 15) is 14.9 Å². The van der Waals surface area contributed by atoms with E-state index in [-0.39, 0.29) is 17.4 Å². The number of amides is 1. The zero-order valence-electron chi connectivity index (χ0n) is 17.5. The molecule has 0 saturated heterocycles. The molecule has 0 fully saturated rings. The highest BCUT2D eigenvalue weighted by Crippen LogP contribution is 2.26. The normalized spacial score (nSPS) is 14.2. The summed E-state index contributed by atoms with van der Waals surface area (Å²) < 4.78 is 0. The second kappa shape index (κ2) is 9.89. The number of ketones is 1. The lowest BCUT2D eigenvalue weighted by molar-refractivity contribution is -0.112. The molecule has 1 aliphatic rings. The summed E-state index contributed by atoms with van der Waals surface area (Å²) in [6.45, 7) is 3.54. The highest BCUT2D eigenvalue weighted by Gasteiger charge is 2.15. The van der Waals surface area contributed by atoms with Gasteiger partial charge in [0.25, 0.3) is 5.91 Å². The van der Waals surface area contributed by atoms with Crippen LogP contribution >= 0.6 is 0 Å². The fourth-order valence-electron chi connectivity index (χ4n) is 3.77. The molecule has 0 radical (unpaired) electrons. The predicted molar refractivity (Wildman–Crippen MR) is 118 cm³/mol. The van der Waals surface area contributed by atoms with Crippen LogP contribution in [-0.2, 0) is 17.6 Å². The highest BCUT2D eigenvalue weighted by atomic mass is 16.1. The quantitative estimate of drug-likeness (QED) is 0.394. The van der Waals surface area contributed by atoms with Crippen molar-refractivity contribution >= 4 is 17.4 Å². The third-order valence-electron chi connectivity index (χ3n) is 5.50. The van der Waals surface area contributed by atoms with E-state index >= 15 is 0 Å². The number of benzene rings is 2. The van der Waals surface area contributed by atoms with Crippen molar-refractivity contribution < 1.29 is 9.59 Å². The van der Waals surface area contributed by atoms with Crippen molar-refractivity contribution in [2.45, 2.75) is 52.0 Å². The molecule has 0 saturated carbocycles. The van der Waals surface area contributed by atoms with E-state index in [1.165, 1.54) is 42.7 Å². The minimum absolute atomic E-state index is 0.0142. The summed E-state index contributed by atoms with van der Waals surface area (Å²) >= 11 is 0. The van der Waals surface area contributed by atoms with Crippen molar-refractivity contribution in [3.05, 3.63) is 76.5 Å². The van der Waals surface area contributed by atoms with Crippen LogP contribution in [0, 0.1) is 11.3 Å². The Morgan fingerprint density at radius 2 is 1.90 bits per heavy atom. The zero-order valence-corrected chi connectivity index (χ0v) is 17.5. The lowest BCUT2D eigenvalue weighted by Crippen LogP contribution is -2.20. The lowest BCUT2D eigenvalue weighted by atomic mass is 9.89. The van der Waals surface area contributed by atoms with Gasteiger partial charge in [-0.3, -0.25) is 9.59 Å². The first-order valence-corrected chi connectivity index (χ1v) is 10.4. The zero-order chi connectivity index (χ0) is 21.5. The Balaban J connectivity index is 1.72. The number of hydrogen-bond donors (Lipinski definition) is 2. The monoisotopic (exact) mass is 401 g/mol. The van der Waals surface area contributed by atoms with Gasteiger partial charge in [-0.25, -0.2) is 0 Å². The molecular formula is C25H27N3O2. The maximum absolute atomic E-state index is 12.5. The first-order valence-electron chi connectivity index (χ1n) is 10.4. The van der Waals surface area contributed by atoms with Gasteiger partial charge in [-0.2, -0.15) is 5.26 Å². The van der Waals surface area contributed by atoms with E-state index in [1.807, 2.05) is 6.07 Å². The van der Waals surface area contributed by atoms with Crippen molar-refractivity contribution in [3.63, 3.8) is 0 Å². The summed E-state index contributed by atoms with van der Waals surface area (Å²) in [6.07, 6.45) is 7.04. The Morgan fingerprint density at radius 3 is 2.60 bits per heavy atom. The molecule has 1 aliphatic carbocycles. The van der Waals surface area contributed by atoms with Gasteiger partial charge in [0, 0.05) is 17.5 Å². The Hall–Kier alpha value is -3.39. The molecule has 0 bridgehead atoms. The van der Waals surface area contributed by atoms with Crippen LogP contribution in [0.3, 0.4) is 0 Å². The van der Waals surface area contributed by atoms with E-state index in [1.54, 1.807) is 24.3 Å². The minimum Gasteiger partial charge on any atom is -0.383 e. The van der Waals surface area contributed by atoms with Crippen molar-refractivity contribution in [1.82, 2.24) is 5.32 Å². The number of carbonyl (C=O) groups is 2. The van der Waals surface area contributed by atoms with Gasteiger partial charge >= 0.3 is 0 Å². The molecule has 1 unspecified atom stereocenters. The molecule has 154 valence electrons. The van der Waals surface area contributed by atoms with Gasteiger partial charge in [-0.15, -0.1) is 0 Å². The Morgan fingerprint density at radius 1 is 1.13 bits per heavy atom. The molecule has 0 heterocycles. The summed E-state index contributed by atoms with van der Waals surface area (Å²) in [5, 5.41) is 15.4. The summed E-state index contributed by atoms with van der Waals surface area (Å²) in [6, 6.07) is 15.3. The Labute approximate surface area is 177 Å². The van der Waals surface area contributed by atoms with Gasteiger partial charge < -0.3 is 10.6 Å². The van der Waals surface area contributed by atoms with Crippen molar-refractivity contribution in [2.24, 2.45) is 0 Å². The molecule has 30 heavy (non-hydrogen) atoms. The Bertz CT molecular complexity index is 1020. The van der Waals surface area contributed by atoms with Crippen LogP contribution in [0.4, 0.5) is 5.69 Å². The van der Waals surface area contributed by atoms with Crippen molar-refractivity contribution in [1.29, 1.82) is 5.26 Å². The van der Waals surface area contributed by atoms with Crippen LogP contribution in [0.1, 0.15) is 66.2 Å². The molecule has 0 aliphatic heterocycles. The molecule has 0 spiro atoms. The van der Waals surface area contributed by atoms with Gasteiger partial charge in [0.1, 0.15) is 11.6 Å². The minimum atomic E-state index is -0.508. The number of nitrogens with one attached hydrogen (secondary N) is 2. The van der Waals surface area contributed by atoms with Gasteiger partial charge in [0.2, 0.25) is 0 Å². The Kier molecular flexibility index (Phi) is 7.03.